The van der Waals surface area contributed by atoms with Crippen molar-refractivity contribution in [3.05, 3.63) is 0 Å². The topological polar surface area (TPSA) is 77.8 Å². The van der Waals surface area contributed by atoms with Crippen LogP contribution in [0.1, 0.15) is 124 Å². The highest BCUT2D eigenvalue weighted by Crippen LogP contribution is 2.22. The normalized spacial score (nSPS) is 11.6. The van der Waals surface area contributed by atoms with Crippen LogP contribution in [-0.4, -0.2) is 27.3 Å². The Hall–Kier alpha value is -0.940. The quantitative estimate of drug-likeness (QED) is 0.123. The summed E-state index contributed by atoms with van der Waals surface area (Å²) < 4.78 is 0. The van der Waals surface area contributed by atoms with Crippen molar-refractivity contribution in [1.82, 2.24) is 5.23 Å². The second-order valence-corrected chi connectivity index (χ2v) is 8.34. The summed E-state index contributed by atoms with van der Waals surface area (Å²) in [6, 6.07) is 0. The zero-order valence-corrected chi connectivity index (χ0v) is 18.0. The highest BCUT2D eigenvalue weighted by atomic mass is 16.8. The van der Waals surface area contributed by atoms with Gasteiger partial charge in [-0.15, -0.1) is 0 Å². The first-order chi connectivity index (χ1) is 12.8. The monoisotopic (exact) mass is 385 g/mol. The maximum atomic E-state index is 12.1. The Balaban J connectivity index is 3.45. The number of hydrogen-bond acceptors (Lipinski definition) is 4. The van der Waals surface area contributed by atoms with Crippen LogP contribution in [0.4, 0.5) is 0 Å². The molecule has 0 aliphatic rings. The number of amides is 1. The van der Waals surface area contributed by atoms with Gasteiger partial charge in [-0.3, -0.25) is 20.0 Å². The molecule has 0 aromatic heterocycles. The fraction of sp³-hybridized carbons (Fsp3) is 0.909. The number of hydroxylamine groups is 2. The number of nitrogens with zero attached hydrogens (tertiary/aromatic N) is 1. The van der Waals surface area contributed by atoms with Gasteiger partial charge in [0.05, 0.1) is 0 Å². The molecule has 5 heteroatoms. The van der Waals surface area contributed by atoms with Gasteiger partial charge < -0.3 is 0 Å². The van der Waals surface area contributed by atoms with Crippen LogP contribution >= 0.6 is 0 Å². The maximum Gasteiger partial charge on any atom is 0.285 e. The fourth-order valence-electron chi connectivity index (χ4n) is 3.34. The molecule has 5 nitrogen and oxygen atoms in total. The molecule has 0 heterocycles. The molecule has 0 atom stereocenters. The summed E-state index contributed by atoms with van der Waals surface area (Å²) >= 11 is 0. The van der Waals surface area contributed by atoms with Crippen molar-refractivity contribution in [2.45, 2.75) is 124 Å². The van der Waals surface area contributed by atoms with Crippen molar-refractivity contribution in [3.63, 3.8) is 0 Å². The van der Waals surface area contributed by atoms with E-state index in [-0.39, 0.29) is 5.78 Å². The number of hydrogen-bond donors (Lipinski definition) is 2. The van der Waals surface area contributed by atoms with E-state index in [0.29, 0.717) is 6.42 Å². The number of carbonyl (C=O) groups excluding carboxylic acids is 2. The summed E-state index contributed by atoms with van der Waals surface area (Å²) in [4.78, 5) is 23.6. The van der Waals surface area contributed by atoms with Gasteiger partial charge in [0.15, 0.2) is 0 Å². The molecular formula is C22H43NO4. The molecule has 0 spiro atoms. The van der Waals surface area contributed by atoms with E-state index in [9.17, 15) is 9.59 Å². The molecule has 0 aromatic carbocycles. The predicted octanol–water partition coefficient (Wildman–Crippen LogP) is 6.45. The predicted molar refractivity (Wildman–Crippen MR) is 109 cm³/mol. The zero-order valence-electron chi connectivity index (χ0n) is 18.0. The first kappa shape index (κ1) is 26.1. The number of carbonyl (C=O) groups is 2. The number of ketones is 1. The first-order valence-electron chi connectivity index (χ1n) is 11.1. The second kappa shape index (κ2) is 16.1. The molecular weight excluding hydrogens is 342 g/mol. The van der Waals surface area contributed by atoms with Gasteiger partial charge in [-0.05, 0) is 20.3 Å². The van der Waals surface area contributed by atoms with Crippen molar-refractivity contribution >= 4 is 11.7 Å². The molecule has 0 radical (unpaired) electrons. The minimum Gasteiger partial charge on any atom is -0.299 e. The smallest absolute Gasteiger partial charge is 0.285 e. The Labute approximate surface area is 166 Å². The number of Topliss-reactive ketones (excluding diaryl/α,β-unsaturated/α-hetero) is 1. The lowest BCUT2D eigenvalue weighted by Crippen LogP contribution is -2.42. The first-order valence-corrected chi connectivity index (χ1v) is 11.1. The highest BCUT2D eigenvalue weighted by Gasteiger charge is 2.38. The Bertz CT molecular complexity index is 394. The molecule has 0 aliphatic heterocycles. The maximum absolute atomic E-state index is 12.1. The van der Waals surface area contributed by atoms with Crippen molar-refractivity contribution in [3.8, 4) is 0 Å². The summed E-state index contributed by atoms with van der Waals surface area (Å²) in [7, 11) is 0. The Morgan fingerprint density at radius 3 is 1.33 bits per heavy atom. The molecule has 0 fully saturated rings. The largest absolute Gasteiger partial charge is 0.299 e. The van der Waals surface area contributed by atoms with E-state index >= 15 is 0 Å². The van der Waals surface area contributed by atoms with Crippen molar-refractivity contribution in [2.24, 2.45) is 5.41 Å². The summed E-state index contributed by atoms with van der Waals surface area (Å²) in [6.07, 6.45) is 19.3. The Morgan fingerprint density at radius 2 is 1.00 bits per heavy atom. The third-order valence-corrected chi connectivity index (χ3v) is 5.42. The second-order valence-electron chi connectivity index (χ2n) is 8.34. The molecule has 27 heavy (non-hydrogen) atoms. The number of rotatable bonds is 18. The van der Waals surface area contributed by atoms with Crippen LogP contribution in [0.3, 0.4) is 0 Å². The third kappa shape index (κ3) is 13.0. The lowest BCUT2D eigenvalue weighted by molar-refractivity contribution is -0.290. The molecule has 0 aliphatic carbocycles. The van der Waals surface area contributed by atoms with Gasteiger partial charge in [0.25, 0.3) is 5.91 Å². The Kier molecular flexibility index (Phi) is 15.5. The van der Waals surface area contributed by atoms with Gasteiger partial charge in [0.2, 0.25) is 0 Å². The van der Waals surface area contributed by atoms with Crippen molar-refractivity contribution in [2.75, 3.05) is 0 Å². The SMILES string of the molecule is CCCCCCCCCCCCCCCCCC(=O)C(C)(C)C(=O)N(O)O. The van der Waals surface area contributed by atoms with Crippen molar-refractivity contribution < 1.29 is 20.0 Å². The lowest BCUT2D eigenvalue weighted by Gasteiger charge is -2.22. The van der Waals surface area contributed by atoms with E-state index in [1.807, 2.05) is 0 Å². The number of unbranched alkanes of at least 4 members (excludes halogenated alkanes) is 14. The summed E-state index contributed by atoms with van der Waals surface area (Å²) in [5.41, 5.74) is -1.38. The van der Waals surface area contributed by atoms with E-state index in [1.54, 1.807) is 0 Å². The van der Waals surface area contributed by atoms with Gasteiger partial charge in [-0.1, -0.05) is 102 Å². The minimum absolute atomic E-state index is 0.240. The molecule has 2 N–H and O–H groups in total. The van der Waals surface area contributed by atoms with Crippen LogP contribution < -0.4 is 0 Å². The van der Waals surface area contributed by atoms with Crippen LogP contribution in [0.25, 0.3) is 0 Å². The molecule has 0 unspecified atom stereocenters. The van der Waals surface area contributed by atoms with Crippen LogP contribution in [0, 0.1) is 5.41 Å². The summed E-state index contributed by atoms with van der Waals surface area (Å²) in [5, 5.41) is 17.1. The van der Waals surface area contributed by atoms with E-state index in [1.165, 1.54) is 90.9 Å². The van der Waals surface area contributed by atoms with E-state index in [2.05, 4.69) is 6.92 Å². The highest BCUT2D eigenvalue weighted by molar-refractivity contribution is 6.04. The van der Waals surface area contributed by atoms with E-state index in [0.717, 1.165) is 19.3 Å². The molecule has 0 rings (SSSR count). The van der Waals surface area contributed by atoms with Gasteiger partial charge in [-0.2, -0.15) is 0 Å². The fourth-order valence-corrected chi connectivity index (χ4v) is 3.34. The van der Waals surface area contributed by atoms with E-state index in [4.69, 9.17) is 10.4 Å². The molecule has 0 saturated heterocycles. The summed E-state index contributed by atoms with van der Waals surface area (Å²) in [5.74, 6) is -1.22. The zero-order chi connectivity index (χ0) is 20.5. The molecule has 0 bridgehead atoms. The Morgan fingerprint density at radius 1 is 0.667 bits per heavy atom. The lowest BCUT2D eigenvalue weighted by atomic mass is 9.84. The van der Waals surface area contributed by atoms with Crippen LogP contribution in [-0.2, 0) is 9.59 Å². The van der Waals surface area contributed by atoms with E-state index < -0.39 is 16.5 Å². The van der Waals surface area contributed by atoms with Gasteiger partial charge >= 0.3 is 0 Å². The molecule has 0 saturated carbocycles. The van der Waals surface area contributed by atoms with Crippen molar-refractivity contribution in [1.29, 1.82) is 0 Å². The van der Waals surface area contributed by atoms with Gasteiger partial charge in [0.1, 0.15) is 11.2 Å². The molecule has 160 valence electrons. The van der Waals surface area contributed by atoms with Crippen LogP contribution in [0.5, 0.6) is 0 Å². The average Bonchev–Trinajstić information content (AvgIpc) is 2.63. The van der Waals surface area contributed by atoms with Gasteiger partial charge in [0, 0.05) is 6.42 Å². The molecule has 0 aromatic rings. The van der Waals surface area contributed by atoms with Crippen LogP contribution in [0.15, 0.2) is 0 Å². The van der Waals surface area contributed by atoms with Crippen LogP contribution in [0.2, 0.25) is 0 Å². The standard InChI is InChI=1S/C22H43NO4/c1-4-5-6-7-8-9-10-11-12-13-14-15-16-17-18-19-20(24)22(2,3)21(25)23(26)27/h26-27H,4-19H2,1-3H3. The average molecular weight is 386 g/mol. The molecule has 1 amide bonds. The third-order valence-electron chi connectivity index (χ3n) is 5.42. The van der Waals surface area contributed by atoms with Gasteiger partial charge in [-0.25, -0.2) is 0 Å². The summed E-state index contributed by atoms with van der Waals surface area (Å²) in [6.45, 7) is 5.12. The minimum atomic E-state index is -1.38.